The van der Waals surface area contributed by atoms with Crippen LogP contribution in [0, 0.1) is 12.8 Å². The molecule has 0 aliphatic carbocycles. The molecule has 120 valence electrons. The van der Waals surface area contributed by atoms with Crippen molar-refractivity contribution in [3.05, 3.63) is 41.9 Å². The van der Waals surface area contributed by atoms with Crippen molar-refractivity contribution in [2.75, 3.05) is 19.6 Å². The van der Waals surface area contributed by atoms with Gasteiger partial charge in [0, 0.05) is 18.2 Å². The molecule has 5 heteroatoms. The van der Waals surface area contributed by atoms with Crippen LogP contribution in [0.2, 0.25) is 0 Å². The molecule has 3 fully saturated rings. The van der Waals surface area contributed by atoms with E-state index in [1.54, 1.807) is 6.20 Å². The van der Waals surface area contributed by atoms with Crippen molar-refractivity contribution in [1.29, 1.82) is 0 Å². The highest BCUT2D eigenvalue weighted by Crippen LogP contribution is 2.28. The summed E-state index contributed by atoms with van der Waals surface area (Å²) in [5, 5.41) is 3.10. The van der Waals surface area contributed by atoms with Gasteiger partial charge < -0.3 is 14.6 Å². The average Bonchev–Trinajstić information content (AvgIpc) is 3.07. The van der Waals surface area contributed by atoms with Gasteiger partial charge in [0.15, 0.2) is 5.76 Å². The number of nitrogens with one attached hydrogen (secondary N) is 1. The second-order valence-corrected chi connectivity index (χ2v) is 6.61. The van der Waals surface area contributed by atoms with Gasteiger partial charge >= 0.3 is 5.91 Å². The largest absolute Gasteiger partial charge is 0.432 e. The molecular weight excluding hydrogens is 290 g/mol. The molecule has 0 spiro atoms. The van der Waals surface area contributed by atoms with Crippen molar-refractivity contribution >= 4 is 5.91 Å². The van der Waals surface area contributed by atoms with Crippen LogP contribution in [-0.4, -0.2) is 41.5 Å². The van der Waals surface area contributed by atoms with Gasteiger partial charge in [0.1, 0.15) is 0 Å². The van der Waals surface area contributed by atoms with Crippen molar-refractivity contribution in [3.63, 3.8) is 0 Å². The molecule has 1 N–H and O–H groups in total. The zero-order valence-corrected chi connectivity index (χ0v) is 13.3. The molecular formula is C18H21N3O2. The van der Waals surface area contributed by atoms with Crippen LogP contribution in [0.4, 0.5) is 0 Å². The molecule has 0 saturated carbocycles. The number of carbonyl (C=O) groups excluding carboxylic acids is 1. The summed E-state index contributed by atoms with van der Waals surface area (Å²) >= 11 is 0. The molecule has 3 aliphatic rings. The summed E-state index contributed by atoms with van der Waals surface area (Å²) < 4.78 is 5.66. The number of amides is 1. The van der Waals surface area contributed by atoms with Crippen LogP contribution in [0.5, 0.6) is 0 Å². The van der Waals surface area contributed by atoms with Gasteiger partial charge in [-0.3, -0.25) is 4.79 Å². The Morgan fingerprint density at radius 2 is 2.00 bits per heavy atom. The van der Waals surface area contributed by atoms with E-state index in [-0.39, 0.29) is 17.8 Å². The van der Waals surface area contributed by atoms with E-state index in [4.69, 9.17) is 4.42 Å². The van der Waals surface area contributed by atoms with E-state index in [9.17, 15) is 4.79 Å². The van der Waals surface area contributed by atoms with E-state index in [2.05, 4.69) is 15.2 Å². The second kappa shape index (κ2) is 5.81. The highest BCUT2D eigenvalue weighted by atomic mass is 16.4. The number of aryl methyl sites for hydroxylation is 1. The first-order valence-electron chi connectivity index (χ1n) is 8.25. The third kappa shape index (κ3) is 2.88. The second-order valence-electron chi connectivity index (χ2n) is 6.61. The highest BCUT2D eigenvalue weighted by molar-refractivity contribution is 5.90. The van der Waals surface area contributed by atoms with Crippen LogP contribution in [0.25, 0.3) is 11.3 Å². The number of carbonyl (C=O) groups is 1. The molecule has 2 bridgehead atoms. The average molecular weight is 311 g/mol. The minimum absolute atomic E-state index is 0.150. The molecule has 0 radical (unpaired) electrons. The maximum atomic E-state index is 12.4. The smallest absolute Gasteiger partial charge is 0.307 e. The summed E-state index contributed by atoms with van der Waals surface area (Å²) in [6.07, 6.45) is 3.96. The summed E-state index contributed by atoms with van der Waals surface area (Å²) in [7, 11) is 0. The van der Waals surface area contributed by atoms with Crippen molar-refractivity contribution < 1.29 is 9.21 Å². The molecule has 4 heterocycles. The Balaban J connectivity index is 1.46. The molecule has 5 nitrogen and oxygen atoms in total. The van der Waals surface area contributed by atoms with Gasteiger partial charge in [-0.15, -0.1) is 0 Å². The number of piperidine rings is 3. The van der Waals surface area contributed by atoms with Gasteiger partial charge in [-0.1, -0.05) is 29.8 Å². The lowest BCUT2D eigenvalue weighted by atomic mass is 9.84. The van der Waals surface area contributed by atoms with Crippen molar-refractivity contribution in [2.24, 2.45) is 5.92 Å². The summed E-state index contributed by atoms with van der Waals surface area (Å²) in [6, 6.07) is 8.21. The van der Waals surface area contributed by atoms with Crippen molar-refractivity contribution in [1.82, 2.24) is 15.2 Å². The number of benzene rings is 1. The number of aromatic nitrogens is 1. The molecule has 5 rings (SSSR count). The molecule has 2 aromatic rings. The zero-order valence-electron chi connectivity index (χ0n) is 13.3. The van der Waals surface area contributed by atoms with Crippen molar-refractivity contribution in [2.45, 2.75) is 25.8 Å². The van der Waals surface area contributed by atoms with E-state index < -0.39 is 0 Å². The Labute approximate surface area is 135 Å². The van der Waals surface area contributed by atoms with Crippen LogP contribution in [0.1, 0.15) is 29.1 Å². The fourth-order valence-corrected chi connectivity index (χ4v) is 3.59. The standard InChI is InChI=1S/C18H21N3O2/c1-12-2-4-14(5-3-12)16-10-19-18(23-16)17(22)20-15-11-21-8-6-13(15)7-9-21/h2-5,10,13,15H,6-9,11H2,1H3,(H,20,22)/t15-/m0/s1. The van der Waals surface area contributed by atoms with Gasteiger partial charge in [-0.05, 0) is 38.8 Å². The Morgan fingerprint density at radius 3 is 2.65 bits per heavy atom. The lowest BCUT2D eigenvalue weighted by Crippen LogP contribution is -2.57. The first-order valence-corrected chi connectivity index (χ1v) is 8.25. The number of hydrogen-bond donors (Lipinski definition) is 1. The Hall–Kier alpha value is -2.14. The van der Waals surface area contributed by atoms with Crippen LogP contribution in [0.3, 0.4) is 0 Å². The topological polar surface area (TPSA) is 58.4 Å². The van der Waals surface area contributed by atoms with Gasteiger partial charge in [0.2, 0.25) is 0 Å². The predicted octanol–water partition coefficient (Wildman–Crippen LogP) is 2.47. The fourth-order valence-electron chi connectivity index (χ4n) is 3.59. The maximum absolute atomic E-state index is 12.4. The summed E-state index contributed by atoms with van der Waals surface area (Å²) in [6.45, 7) is 5.31. The minimum atomic E-state index is -0.206. The first kappa shape index (κ1) is 14.5. The Morgan fingerprint density at radius 1 is 1.26 bits per heavy atom. The molecule has 3 saturated heterocycles. The number of fused-ring (bicyclic) bond motifs is 3. The van der Waals surface area contributed by atoms with Crippen LogP contribution >= 0.6 is 0 Å². The molecule has 1 amide bonds. The van der Waals surface area contributed by atoms with Gasteiger partial charge in [-0.25, -0.2) is 4.98 Å². The van der Waals surface area contributed by atoms with Gasteiger partial charge in [0.05, 0.1) is 6.20 Å². The van der Waals surface area contributed by atoms with E-state index in [0.717, 1.165) is 25.2 Å². The van der Waals surface area contributed by atoms with E-state index >= 15 is 0 Å². The quantitative estimate of drug-likeness (QED) is 0.946. The third-order valence-corrected chi connectivity index (χ3v) is 5.01. The number of hydrogen-bond acceptors (Lipinski definition) is 4. The van der Waals surface area contributed by atoms with E-state index in [1.807, 2.05) is 31.2 Å². The molecule has 1 aromatic heterocycles. The maximum Gasteiger partial charge on any atom is 0.307 e. The van der Waals surface area contributed by atoms with Crippen LogP contribution in [0.15, 0.2) is 34.9 Å². The summed E-state index contributed by atoms with van der Waals surface area (Å²) in [4.78, 5) is 19.0. The minimum Gasteiger partial charge on any atom is -0.432 e. The number of rotatable bonds is 3. The van der Waals surface area contributed by atoms with Crippen molar-refractivity contribution in [3.8, 4) is 11.3 Å². The van der Waals surface area contributed by atoms with Crippen LogP contribution in [-0.2, 0) is 0 Å². The lowest BCUT2D eigenvalue weighted by Gasteiger charge is -2.44. The van der Waals surface area contributed by atoms with Crippen LogP contribution < -0.4 is 5.32 Å². The predicted molar refractivity (Wildman–Crippen MR) is 87.1 cm³/mol. The molecule has 23 heavy (non-hydrogen) atoms. The molecule has 0 unspecified atom stereocenters. The molecule has 3 aliphatic heterocycles. The monoisotopic (exact) mass is 311 g/mol. The summed E-state index contributed by atoms with van der Waals surface area (Å²) in [5.41, 5.74) is 2.12. The highest BCUT2D eigenvalue weighted by Gasteiger charge is 2.35. The number of oxazole rings is 1. The molecule has 1 atom stereocenters. The Kier molecular flexibility index (Phi) is 3.65. The lowest BCUT2D eigenvalue weighted by molar-refractivity contribution is 0.0602. The summed E-state index contributed by atoms with van der Waals surface area (Å²) in [5.74, 6) is 1.17. The van der Waals surface area contributed by atoms with Gasteiger partial charge in [-0.2, -0.15) is 0 Å². The van der Waals surface area contributed by atoms with E-state index in [1.165, 1.54) is 18.4 Å². The zero-order chi connectivity index (χ0) is 15.8. The first-order chi connectivity index (χ1) is 11.2. The van der Waals surface area contributed by atoms with E-state index in [0.29, 0.717) is 11.7 Å². The molecule has 1 aromatic carbocycles. The Bertz CT molecular complexity index is 699. The fraction of sp³-hybridized carbons (Fsp3) is 0.444. The SMILES string of the molecule is Cc1ccc(-c2cnc(C(=O)N[C@H]3CN4CCC3CC4)o2)cc1. The third-order valence-electron chi connectivity index (χ3n) is 5.01. The number of nitrogens with zero attached hydrogens (tertiary/aromatic N) is 2. The van der Waals surface area contributed by atoms with Gasteiger partial charge in [0.25, 0.3) is 5.89 Å². The normalized spacial score (nSPS) is 26.2.